The van der Waals surface area contributed by atoms with Crippen molar-refractivity contribution in [3.63, 3.8) is 0 Å². The minimum absolute atomic E-state index is 0.292. The van der Waals surface area contributed by atoms with Gasteiger partial charge in [-0.25, -0.2) is 4.79 Å². The van der Waals surface area contributed by atoms with E-state index in [1.165, 1.54) is 25.7 Å². The van der Waals surface area contributed by atoms with Crippen molar-refractivity contribution in [1.82, 2.24) is 9.80 Å². The number of carbonyl (C=O) groups excluding carboxylic acids is 1. The van der Waals surface area contributed by atoms with E-state index in [2.05, 4.69) is 29.1 Å². The number of benzene rings is 1. The summed E-state index contributed by atoms with van der Waals surface area (Å²) >= 11 is 5.64. The lowest BCUT2D eigenvalue weighted by atomic mass is 9.84. The Kier molecular flexibility index (Phi) is 7.90. The molecule has 0 spiro atoms. The Bertz CT molecular complexity index is 686. The topological polar surface area (TPSA) is 44.8 Å². The fraction of sp³-hybridized carbons (Fsp3) is 0.652. The molecule has 1 aliphatic carbocycles. The lowest BCUT2D eigenvalue weighted by Gasteiger charge is -2.44. The van der Waals surface area contributed by atoms with Crippen molar-refractivity contribution in [3.8, 4) is 0 Å². The third-order valence-electron chi connectivity index (χ3n) is 6.56. The van der Waals surface area contributed by atoms with Gasteiger partial charge in [0.15, 0.2) is 5.11 Å². The van der Waals surface area contributed by atoms with Crippen molar-refractivity contribution in [2.75, 3.05) is 32.1 Å². The van der Waals surface area contributed by atoms with E-state index in [-0.39, 0.29) is 5.97 Å². The number of esters is 1. The molecule has 0 aromatic heterocycles. The van der Waals surface area contributed by atoms with Gasteiger partial charge >= 0.3 is 5.97 Å². The summed E-state index contributed by atoms with van der Waals surface area (Å²) in [6, 6.07) is 8.70. The molecule has 1 saturated carbocycles. The molecule has 1 heterocycles. The molecule has 1 saturated heterocycles. The zero-order chi connectivity index (χ0) is 20.8. The lowest BCUT2D eigenvalue weighted by molar-refractivity contribution is 0.0526. The molecule has 0 radical (unpaired) electrons. The van der Waals surface area contributed by atoms with E-state index >= 15 is 0 Å². The van der Waals surface area contributed by atoms with E-state index in [0.29, 0.717) is 18.2 Å². The average Bonchev–Trinajstić information content (AvgIpc) is 2.74. The molecule has 1 aromatic carbocycles. The maximum Gasteiger partial charge on any atom is 0.338 e. The van der Waals surface area contributed by atoms with Crippen LogP contribution >= 0.6 is 12.2 Å². The molecule has 0 amide bonds. The summed E-state index contributed by atoms with van der Waals surface area (Å²) in [6.45, 7) is 6.59. The number of thiocarbonyl (C=S) groups is 1. The molecule has 160 valence electrons. The van der Waals surface area contributed by atoms with Gasteiger partial charge in [-0.2, -0.15) is 0 Å². The number of ether oxygens (including phenoxy) is 1. The van der Waals surface area contributed by atoms with Gasteiger partial charge in [-0.05, 0) is 82.1 Å². The van der Waals surface area contributed by atoms with Crippen LogP contribution in [-0.2, 0) is 4.74 Å². The van der Waals surface area contributed by atoms with Gasteiger partial charge < -0.3 is 19.9 Å². The molecule has 2 aliphatic rings. The van der Waals surface area contributed by atoms with Crippen LogP contribution in [0, 0.1) is 5.92 Å². The fourth-order valence-electron chi connectivity index (χ4n) is 4.76. The SMILES string of the molecule is CCOC(=O)c1ccc(NC(=S)N2CCC(N(C)[C@H]3CCCC[C@@H]3C)CC2)cc1. The van der Waals surface area contributed by atoms with Crippen molar-refractivity contribution in [1.29, 1.82) is 0 Å². The molecule has 3 rings (SSSR count). The van der Waals surface area contributed by atoms with Gasteiger partial charge in [0.1, 0.15) is 0 Å². The quantitative estimate of drug-likeness (QED) is 0.561. The summed E-state index contributed by atoms with van der Waals surface area (Å²) < 4.78 is 5.03. The zero-order valence-electron chi connectivity index (χ0n) is 18.0. The van der Waals surface area contributed by atoms with E-state index in [0.717, 1.165) is 48.7 Å². The molecule has 2 atom stereocenters. The van der Waals surface area contributed by atoms with E-state index in [9.17, 15) is 4.79 Å². The second-order valence-electron chi connectivity index (χ2n) is 8.44. The highest BCUT2D eigenvalue weighted by molar-refractivity contribution is 7.80. The molecule has 29 heavy (non-hydrogen) atoms. The molecule has 1 aliphatic heterocycles. The van der Waals surface area contributed by atoms with Gasteiger partial charge in [0.2, 0.25) is 0 Å². The van der Waals surface area contributed by atoms with Gasteiger partial charge in [-0.15, -0.1) is 0 Å². The van der Waals surface area contributed by atoms with Crippen LogP contribution in [0.2, 0.25) is 0 Å². The number of anilines is 1. The molecule has 0 unspecified atom stereocenters. The summed E-state index contributed by atoms with van der Waals surface area (Å²) in [5.74, 6) is 0.521. The van der Waals surface area contributed by atoms with Crippen LogP contribution in [0.1, 0.15) is 62.7 Å². The highest BCUT2D eigenvalue weighted by Crippen LogP contribution is 2.30. The summed E-state index contributed by atoms with van der Waals surface area (Å²) in [7, 11) is 2.33. The Hall–Kier alpha value is -1.66. The molecular weight excluding hydrogens is 382 g/mol. The minimum Gasteiger partial charge on any atom is -0.462 e. The van der Waals surface area contributed by atoms with Gasteiger partial charge in [0.05, 0.1) is 12.2 Å². The largest absolute Gasteiger partial charge is 0.462 e. The van der Waals surface area contributed by atoms with Gasteiger partial charge in [-0.3, -0.25) is 0 Å². The van der Waals surface area contributed by atoms with Crippen LogP contribution < -0.4 is 5.32 Å². The Morgan fingerprint density at radius 1 is 1.17 bits per heavy atom. The van der Waals surface area contributed by atoms with Crippen molar-refractivity contribution in [2.45, 2.75) is 64.5 Å². The summed E-state index contributed by atoms with van der Waals surface area (Å²) in [5, 5.41) is 4.08. The van der Waals surface area contributed by atoms with E-state index < -0.39 is 0 Å². The minimum atomic E-state index is -0.292. The van der Waals surface area contributed by atoms with Crippen molar-refractivity contribution >= 4 is 29.0 Å². The number of hydrogen-bond acceptors (Lipinski definition) is 4. The average molecular weight is 418 g/mol. The standard InChI is InChI=1S/C23H35N3O2S/c1-4-28-22(27)18-9-11-19(12-10-18)24-23(29)26-15-13-20(14-16-26)25(3)21-8-6-5-7-17(21)2/h9-12,17,20-21H,4-8,13-16H2,1-3H3,(H,24,29)/t17-,21-/m0/s1. The molecule has 2 fully saturated rings. The predicted octanol–water partition coefficient (Wildman–Crippen LogP) is 4.54. The number of nitrogens with zero attached hydrogens (tertiary/aromatic N) is 2. The van der Waals surface area contributed by atoms with Crippen LogP contribution in [0.3, 0.4) is 0 Å². The number of carbonyl (C=O) groups is 1. The van der Waals surface area contributed by atoms with E-state index in [1.807, 2.05) is 19.1 Å². The van der Waals surface area contributed by atoms with Crippen LogP contribution in [0.5, 0.6) is 0 Å². The maximum atomic E-state index is 11.8. The second kappa shape index (κ2) is 10.4. The van der Waals surface area contributed by atoms with Gasteiger partial charge in [0.25, 0.3) is 0 Å². The summed E-state index contributed by atoms with van der Waals surface area (Å²) in [5.41, 5.74) is 1.46. The number of hydrogen-bond donors (Lipinski definition) is 1. The first-order chi connectivity index (χ1) is 14.0. The first-order valence-corrected chi connectivity index (χ1v) is 11.5. The highest BCUT2D eigenvalue weighted by Gasteiger charge is 2.31. The van der Waals surface area contributed by atoms with Crippen LogP contribution in [0.4, 0.5) is 5.69 Å². The van der Waals surface area contributed by atoms with Crippen molar-refractivity contribution in [2.24, 2.45) is 5.92 Å². The van der Waals surface area contributed by atoms with Crippen LogP contribution in [-0.4, -0.2) is 59.7 Å². The molecular formula is C23H35N3O2S. The number of rotatable bonds is 5. The fourth-order valence-corrected chi connectivity index (χ4v) is 5.06. The third kappa shape index (κ3) is 5.70. The maximum absolute atomic E-state index is 11.8. The summed E-state index contributed by atoms with van der Waals surface area (Å²) in [4.78, 5) is 16.7. The van der Waals surface area contributed by atoms with Crippen molar-refractivity contribution < 1.29 is 9.53 Å². The number of piperidine rings is 1. The smallest absolute Gasteiger partial charge is 0.338 e. The molecule has 0 bridgehead atoms. The Morgan fingerprint density at radius 3 is 2.45 bits per heavy atom. The monoisotopic (exact) mass is 417 g/mol. The van der Waals surface area contributed by atoms with Crippen LogP contribution in [0.15, 0.2) is 24.3 Å². The Labute approximate surface area is 180 Å². The third-order valence-corrected chi connectivity index (χ3v) is 6.92. The van der Waals surface area contributed by atoms with E-state index in [1.54, 1.807) is 12.1 Å². The second-order valence-corrected chi connectivity index (χ2v) is 8.83. The van der Waals surface area contributed by atoms with Crippen molar-refractivity contribution in [3.05, 3.63) is 29.8 Å². The highest BCUT2D eigenvalue weighted by atomic mass is 32.1. The Balaban J connectivity index is 1.48. The predicted molar refractivity (Wildman–Crippen MR) is 122 cm³/mol. The van der Waals surface area contributed by atoms with Gasteiger partial charge in [0, 0.05) is 30.9 Å². The molecule has 6 heteroatoms. The number of nitrogens with one attached hydrogen (secondary N) is 1. The molecule has 1 N–H and O–H groups in total. The molecule has 1 aromatic rings. The van der Waals surface area contributed by atoms with Crippen LogP contribution in [0.25, 0.3) is 0 Å². The lowest BCUT2D eigenvalue weighted by Crippen LogP contribution is -2.51. The number of likely N-dealkylation sites (tertiary alicyclic amines) is 1. The Morgan fingerprint density at radius 2 is 1.83 bits per heavy atom. The first kappa shape index (κ1) is 22.0. The zero-order valence-corrected chi connectivity index (χ0v) is 18.8. The normalized spacial score (nSPS) is 23.1. The van der Waals surface area contributed by atoms with Gasteiger partial charge in [-0.1, -0.05) is 19.8 Å². The van der Waals surface area contributed by atoms with E-state index in [4.69, 9.17) is 17.0 Å². The molecule has 5 nitrogen and oxygen atoms in total. The summed E-state index contributed by atoms with van der Waals surface area (Å²) in [6.07, 6.45) is 7.80. The first-order valence-electron chi connectivity index (χ1n) is 11.0.